The van der Waals surface area contributed by atoms with Gasteiger partial charge in [0.15, 0.2) is 24.1 Å². The van der Waals surface area contributed by atoms with Gasteiger partial charge in [0.1, 0.15) is 35.9 Å². The highest BCUT2D eigenvalue weighted by atomic mass is 16.7. The maximum absolute atomic E-state index is 14.1. The van der Waals surface area contributed by atoms with E-state index in [9.17, 15) is 30.0 Å². The Kier molecular flexibility index (Phi) is 20.1. The van der Waals surface area contributed by atoms with Crippen LogP contribution >= 0.6 is 0 Å². The number of aliphatic hydroxyl groups excluding tert-OH is 4. The molecule has 4 heterocycles. The number of carbonyl (C=O) groups is 2. The van der Waals surface area contributed by atoms with Gasteiger partial charge in [0.2, 0.25) is 0 Å². The van der Waals surface area contributed by atoms with E-state index in [1.807, 2.05) is 76.3 Å². The first kappa shape index (κ1) is 54.7. The summed E-state index contributed by atoms with van der Waals surface area (Å²) in [6.45, 7) is 11.1. The molecular weight excluding hydrogens is 879 g/mol. The maximum atomic E-state index is 14.1. The number of hydrogen-bond donors (Lipinski definition) is 4. The van der Waals surface area contributed by atoms with E-state index in [2.05, 4.69) is 10.3 Å². The second-order valence-corrected chi connectivity index (χ2v) is 19.1. The minimum Gasteiger partial charge on any atom is -0.506 e. The predicted octanol–water partition coefficient (Wildman–Crippen LogP) is 4.82. The van der Waals surface area contributed by atoms with Crippen molar-refractivity contribution < 1.29 is 63.2 Å². The summed E-state index contributed by atoms with van der Waals surface area (Å²) in [7, 11) is 10.4. The standard InChI is InChI=1S/C50H77N5O13/c1-13-40-35(27-64-49-42(63-12)25-41(62-11)45(59)31(5)65-49)22-28(2)14-19-38(56)29(3)23-34(20-21-55-26-37(51-52-55)33-15-17-36(18-16-33)53(7)8)48(30(4)39(57)24-43(58)67-40)68-50-47(61)44(54(9)10)46(60)32(6)66-50/h14-19,22,26,29-32,34-35,39-40,42,44,46-50,57,59-61H,13,20-21,23-25,27H2,1-12H3/b19-14+,28-22+/t29-,30+,31?,32-,34+,35-,39-,40-,42?,44?,46-,47?,48-,49-,50+/m1/s1. The molecule has 0 saturated carbocycles. The van der Waals surface area contributed by atoms with Crippen LogP contribution in [0.3, 0.4) is 0 Å². The molecule has 0 amide bonds. The van der Waals surface area contributed by atoms with Crippen LogP contribution in [-0.4, -0.2) is 169 Å². The maximum Gasteiger partial charge on any atom is 0.308 e. The molecule has 3 aliphatic rings. The third kappa shape index (κ3) is 14.0. The number of nitrogens with zero attached hydrogens (tertiary/aromatic N) is 5. The highest BCUT2D eigenvalue weighted by Crippen LogP contribution is 2.36. The van der Waals surface area contributed by atoms with Crippen molar-refractivity contribution >= 4 is 17.4 Å². The van der Waals surface area contributed by atoms with Gasteiger partial charge in [-0.2, -0.15) is 0 Å². The second-order valence-electron chi connectivity index (χ2n) is 19.1. The Hall–Kier alpha value is -4.24. The van der Waals surface area contributed by atoms with Crippen LogP contribution in [0.4, 0.5) is 5.69 Å². The molecule has 4 unspecified atom stereocenters. The van der Waals surface area contributed by atoms with E-state index in [0.717, 1.165) is 16.8 Å². The minimum absolute atomic E-state index is 0.0129. The molecule has 5 rings (SSSR count). The molecule has 2 aromatic rings. The molecule has 0 bridgehead atoms. The number of allylic oxidation sites excluding steroid dienone is 3. The van der Waals surface area contributed by atoms with Crippen molar-refractivity contribution in [1.82, 2.24) is 19.9 Å². The third-order valence-corrected chi connectivity index (χ3v) is 13.6. The predicted molar refractivity (Wildman–Crippen MR) is 254 cm³/mol. The molecule has 3 aliphatic heterocycles. The monoisotopic (exact) mass is 956 g/mol. The Bertz CT molecular complexity index is 2020. The van der Waals surface area contributed by atoms with Gasteiger partial charge in [0, 0.05) is 63.2 Å². The summed E-state index contributed by atoms with van der Waals surface area (Å²) in [5.41, 5.74) is 3.35. The fourth-order valence-electron chi connectivity index (χ4n) is 9.31. The first-order chi connectivity index (χ1) is 32.3. The molecule has 4 N–H and O–H groups in total. The molecule has 0 aliphatic carbocycles. The number of benzene rings is 1. The number of ketones is 1. The average molecular weight is 956 g/mol. The van der Waals surface area contributed by atoms with Crippen molar-refractivity contribution in [2.75, 3.05) is 53.9 Å². The number of esters is 1. The smallest absolute Gasteiger partial charge is 0.308 e. The van der Waals surface area contributed by atoms with Gasteiger partial charge < -0.3 is 63.4 Å². The number of anilines is 1. The van der Waals surface area contributed by atoms with Crippen molar-refractivity contribution in [2.45, 2.75) is 148 Å². The number of aromatic nitrogens is 3. The van der Waals surface area contributed by atoms with Crippen LogP contribution in [-0.2, 0) is 49.3 Å². The van der Waals surface area contributed by atoms with Crippen molar-refractivity contribution in [3.8, 4) is 11.3 Å². The number of ether oxygens (including phenoxy) is 7. The van der Waals surface area contributed by atoms with Crippen molar-refractivity contribution in [1.29, 1.82) is 0 Å². The van der Waals surface area contributed by atoms with Gasteiger partial charge in [0.25, 0.3) is 0 Å². The summed E-state index contributed by atoms with van der Waals surface area (Å²) in [5.74, 6) is -2.80. The van der Waals surface area contributed by atoms with Crippen LogP contribution in [0.15, 0.2) is 65.8 Å². The Morgan fingerprint density at radius 1 is 0.926 bits per heavy atom. The lowest BCUT2D eigenvalue weighted by Gasteiger charge is -2.46. The summed E-state index contributed by atoms with van der Waals surface area (Å²) in [6, 6.07) is 7.25. The first-order valence-electron chi connectivity index (χ1n) is 23.8. The third-order valence-electron chi connectivity index (χ3n) is 13.6. The summed E-state index contributed by atoms with van der Waals surface area (Å²) >= 11 is 0. The number of rotatable bonds is 14. The SMILES string of the molecule is CC[C@H]1OC(=O)C[C@@H](O)[C@H](C)[C@@H](O[C@@H]2O[C@H](C)[C@@H](O)C(N(C)C)C2O)[C@@H](CCn2cc(-c3ccc(N(C)C)cc3)nn2)C[C@@H](C)C(=O)/C=C/C(C)=C/[C@@H]1CO[C@@H]1OC(C)C(O)=C(OC)CC1OC. The molecule has 1 aromatic carbocycles. The van der Waals surface area contributed by atoms with Gasteiger partial charge in [-0.05, 0) is 78.3 Å². The summed E-state index contributed by atoms with van der Waals surface area (Å²) < 4.78 is 44.4. The van der Waals surface area contributed by atoms with Crippen molar-refractivity contribution in [3.63, 3.8) is 0 Å². The molecular formula is C50H77N5O13. The normalized spacial score (nSPS) is 35.1. The van der Waals surface area contributed by atoms with Crippen molar-refractivity contribution in [3.05, 3.63) is 65.8 Å². The largest absolute Gasteiger partial charge is 0.506 e. The lowest BCUT2D eigenvalue weighted by Crippen LogP contribution is -2.63. The van der Waals surface area contributed by atoms with E-state index in [0.29, 0.717) is 37.3 Å². The van der Waals surface area contributed by atoms with Gasteiger partial charge in [0.05, 0.1) is 56.8 Å². The van der Waals surface area contributed by atoms with E-state index < -0.39 is 104 Å². The Morgan fingerprint density at radius 3 is 2.26 bits per heavy atom. The number of aliphatic hydroxyl groups is 4. The molecule has 1 aromatic heterocycles. The number of hydrogen-bond acceptors (Lipinski definition) is 17. The molecule has 0 spiro atoms. The molecule has 68 heavy (non-hydrogen) atoms. The van der Waals surface area contributed by atoms with Crippen LogP contribution < -0.4 is 4.90 Å². The highest BCUT2D eigenvalue weighted by molar-refractivity contribution is 5.91. The number of carbonyl (C=O) groups excluding carboxylic acids is 2. The number of methoxy groups -OCH3 is 2. The molecule has 18 heteroatoms. The molecule has 1 saturated heterocycles. The number of aryl methyl sites for hydroxylation is 1. The van der Waals surface area contributed by atoms with Crippen LogP contribution in [0.25, 0.3) is 11.3 Å². The zero-order chi connectivity index (χ0) is 50.0. The first-order valence-corrected chi connectivity index (χ1v) is 23.8. The van der Waals surface area contributed by atoms with Gasteiger partial charge in [-0.15, -0.1) is 5.10 Å². The molecule has 15 atom stereocenters. The topological polar surface area (TPSA) is 217 Å². The quantitative estimate of drug-likeness (QED) is 0.187. The van der Waals surface area contributed by atoms with E-state index in [1.165, 1.54) is 14.2 Å². The fraction of sp³-hybridized carbons (Fsp3) is 0.680. The van der Waals surface area contributed by atoms with E-state index >= 15 is 0 Å². The van der Waals surface area contributed by atoms with Crippen LogP contribution in [0.2, 0.25) is 0 Å². The van der Waals surface area contributed by atoms with E-state index in [1.54, 1.807) is 56.6 Å². The number of likely N-dealkylation sites (N-methyl/N-ethyl adjacent to an activating group) is 1. The summed E-state index contributed by atoms with van der Waals surface area (Å²) in [6.07, 6.45) is -1.55. The lowest BCUT2D eigenvalue weighted by atomic mass is 9.79. The van der Waals surface area contributed by atoms with Crippen molar-refractivity contribution in [2.24, 2.45) is 23.7 Å². The molecule has 18 nitrogen and oxygen atoms in total. The summed E-state index contributed by atoms with van der Waals surface area (Å²) in [4.78, 5) is 31.8. The number of cyclic esters (lactones) is 1. The Balaban J connectivity index is 1.47. The van der Waals surface area contributed by atoms with Crippen LogP contribution in [0, 0.1) is 23.7 Å². The van der Waals surface area contributed by atoms with Crippen LogP contribution in [0.1, 0.15) is 73.6 Å². The zero-order valence-electron chi connectivity index (χ0n) is 41.9. The van der Waals surface area contributed by atoms with Gasteiger partial charge >= 0.3 is 5.97 Å². The van der Waals surface area contributed by atoms with Gasteiger partial charge in [-0.3, -0.25) is 14.3 Å². The molecule has 0 radical (unpaired) electrons. The zero-order valence-corrected chi connectivity index (χ0v) is 41.9. The second kappa shape index (κ2) is 25.0. The van der Waals surface area contributed by atoms with Crippen LogP contribution in [0.5, 0.6) is 0 Å². The van der Waals surface area contributed by atoms with E-state index in [-0.39, 0.29) is 24.6 Å². The molecule has 1 fully saturated rings. The van der Waals surface area contributed by atoms with Gasteiger partial charge in [-0.25, -0.2) is 0 Å². The highest BCUT2D eigenvalue weighted by Gasteiger charge is 2.47. The average Bonchev–Trinajstić information content (AvgIpc) is 3.75. The summed E-state index contributed by atoms with van der Waals surface area (Å²) in [5, 5.41) is 54.4. The Morgan fingerprint density at radius 2 is 1.63 bits per heavy atom. The molecule has 380 valence electrons. The van der Waals surface area contributed by atoms with E-state index in [4.69, 9.17) is 33.2 Å². The van der Waals surface area contributed by atoms with Gasteiger partial charge in [-0.1, -0.05) is 55.8 Å². The fourth-order valence-corrected chi connectivity index (χ4v) is 9.31. The Labute approximate surface area is 401 Å². The lowest BCUT2D eigenvalue weighted by molar-refractivity contribution is -0.304. The minimum atomic E-state index is -1.30.